The van der Waals surface area contributed by atoms with Gasteiger partial charge in [-0.1, -0.05) is 25.1 Å². The number of alkyl halides is 2. The van der Waals surface area contributed by atoms with Crippen LogP contribution in [0, 0.1) is 5.82 Å². The van der Waals surface area contributed by atoms with E-state index in [1.165, 1.54) is 23.0 Å². The van der Waals surface area contributed by atoms with Crippen LogP contribution in [-0.2, 0) is 22.2 Å². The highest BCUT2D eigenvalue weighted by molar-refractivity contribution is 7.97. The molecule has 1 aliphatic heterocycles. The first-order chi connectivity index (χ1) is 15.8. The summed E-state index contributed by atoms with van der Waals surface area (Å²) in [5.74, 6) is 3.07. The SMILES string of the molecule is C=S(C)(=O)N1CC(C)(c2cc3c(N[C@H](C)c4cccc(C(F)F)c4F)ncnc3n(C)c2=O)C1. The van der Waals surface area contributed by atoms with E-state index in [9.17, 15) is 22.2 Å². The number of nitrogens with one attached hydrogen (secondary N) is 1. The van der Waals surface area contributed by atoms with Crippen LogP contribution in [-0.4, -0.2) is 48.3 Å². The predicted molar refractivity (Wildman–Crippen MR) is 128 cm³/mol. The average Bonchev–Trinajstić information content (AvgIpc) is 2.73. The molecule has 7 nitrogen and oxygen atoms in total. The van der Waals surface area contributed by atoms with Crippen LogP contribution in [0.3, 0.4) is 0 Å². The third-order valence-electron chi connectivity index (χ3n) is 6.36. The molecular formula is C23H26F3N5O2S. The topological polar surface area (TPSA) is 80.1 Å². The Balaban J connectivity index is 1.76. The van der Waals surface area contributed by atoms with Crippen LogP contribution in [0.1, 0.15) is 43.0 Å². The number of rotatable bonds is 6. The normalized spacial score (nSPS) is 18.5. The van der Waals surface area contributed by atoms with Crippen LogP contribution in [0.15, 0.2) is 35.4 Å². The van der Waals surface area contributed by atoms with Gasteiger partial charge < -0.3 is 5.32 Å². The predicted octanol–water partition coefficient (Wildman–Crippen LogP) is 3.41. The van der Waals surface area contributed by atoms with Gasteiger partial charge in [-0.3, -0.25) is 13.6 Å². The number of anilines is 1. The van der Waals surface area contributed by atoms with Crippen molar-refractivity contribution < 1.29 is 17.4 Å². The molecule has 0 radical (unpaired) electrons. The van der Waals surface area contributed by atoms with Gasteiger partial charge in [0.2, 0.25) is 0 Å². The number of hydrogen-bond donors (Lipinski definition) is 1. The third kappa shape index (κ3) is 4.07. The van der Waals surface area contributed by atoms with Crippen molar-refractivity contribution in [3.63, 3.8) is 0 Å². The summed E-state index contributed by atoms with van der Waals surface area (Å²) in [6.07, 6.45) is -0.0858. The lowest BCUT2D eigenvalue weighted by molar-refractivity contribution is 0.146. The van der Waals surface area contributed by atoms with Crippen molar-refractivity contribution in [1.29, 1.82) is 0 Å². The Bertz CT molecular complexity index is 1430. The number of nitrogens with zero attached hydrogens (tertiary/aromatic N) is 4. The van der Waals surface area contributed by atoms with Gasteiger partial charge in [0, 0.05) is 52.6 Å². The quantitative estimate of drug-likeness (QED) is 0.533. The summed E-state index contributed by atoms with van der Waals surface area (Å²) < 4.78 is 56.4. The molecule has 1 aromatic carbocycles. The number of aryl methyl sites for hydroxylation is 1. The van der Waals surface area contributed by atoms with Crippen LogP contribution in [0.5, 0.6) is 0 Å². The highest BCUT2D eigenvalue weighted by Crippen LogP contribution is 2.36. The van der Waals surface area contributed by atoms with Gasteiger partial charge >= 0.3 is 0 Å². The number of halogens is 3. The molecule has 2 aromatic heterocycles. The Morgan fingerprint density at radius 3 is 2.50 bits per heavy atom. The summed E-state index contributed by atoms with van der Waals surface area (Å²) in [6, 6.07) is 4.89. The van der Waals surface area contributed by atoms with Gasteiger partial charge in [0.1, 0.15) is 23.6 Å². The summed E-state index contributed by atoms with van der Waals surface area (Å²) in [5, 5.41) is 3.62. The first-order valence-corrected chi connectivity index (χ1v) is 12.7. The first-order valence-electron chi connectivity index (χ1n) is 10.6. The van der Waals surface area contributed by atoms with Crippen LogP contribution >= 0.6 is 0 Å². The molecule has 3 aromatic rings. The summed E-state index contributed by atoms with van der Waals surface area (Å²) >= 11 is 0. The van der Waals surface area contributed by atoms with Crippen molar-refractivity contribution in [2.75, 3.05) is 24.7 Å². The molecule has 1 fully saturated rings. The number of pyridine rings is 1. The second-order valence-electron chi connectivity index (χ2n) is 9.12. The molecule has 1 saturated heterocycles. The number of aromatic nitrogens is 3. The smallest absolute Gasteiger partial charge is 0.266 e. The Hall–Kier alpha value is -2.92. The first kappa shape index (κ1) is 24.2. The minimum Gasteiger partial charge on any atom is -0.363 e. The maximum Gasteiger partial charge on any atom is 0.266 e. The second kappa shape index (κ2) is 8.38. The lowest BCUT2D eigenvalue weighted by Gasteiger charge is -2.48. The molecule has 11 heteroatoms. The van der Waals surface area contributed by atoms with Gasteiger partial charge in [-0.05, 0) is 18.9 Å². The molecule has 1 unspecified atom stereocenters. The third-order valence-corrected chi connectivity index (χ3v) is 7.72. The minimum atomic E-state index is -2.93. The Kier molecular flexibility index (Phi) is 5.97. The van der Waals surface area contributed by atoms with E-state index in [0.717, 1.165) is 6.07 Å². The van der Waals surface area contributed by atoms with Gasteiger partial charge in [0.15, 0.2) is 0 Å². The van der Waals surface area contributed by atoms with Crippen molar-refractivity contribution >= 4 is 32.4 Å². The van der Waals surface area contributed by atoms with Crippen LogP contribution < -0.4 is 10.9 Å². The number of fused-ring (bicyclic) bond motifs is 1. The van der Waals surface area contributed by atoms with Crippen molar-refractivity contribution in [3.05, 3.63) is 63.5 Å². The Morgan fingerprint density at radius 1 is 1.24 bits per heavy atom. The lowest BCUT2D eigenvalue weighted by atomic mass is 9.77. The van der Waals surface area contributed by atoms with E-state index in [1.807, 2.05) is 6.92 Å². The molecule has 1 N–H and O–H groups in total. The van der Waals surface area contributed by atoms with E-state index in [2.05, 4.69) is 21.2 Å². The lowest BCUT2D eigenvalue weighted by Crippen LogP contribution is -2.60. The van der Waals surface area contributed by atoms with E-state index in [1.54, 1.807) is 30.6 Å². The van der Waals surface area contributed by atoms with Gasteiger partial charge in [0.25, 0.3) is 12.0 Å². The Labute approximate surface area is 195 Å². The molecule has 2 atom stereocenters. The largest absolute Gasteiger partial charge is 0.363 e. The van der Waals surface area contributed by atoms with E-state index in [-0.39, 0.29) is 11.1 Å². The van der Waals surface area contributed by atoms with Gasteiger partial charge in [-0.25, -0.2) is 27.4 Å². The molecular weight excluding hydrogens is 467 g/mol. The number of hydrogen-bond acceptors (Lipinski definition) is 5. The second-order valence-corrected chi connectivity index (χ2v) is 11.6. The molecule has 0 aliphatic carbocycles. The zero-order valence-electron chi connectivity index (χ0n) is 19.3. The van der Waals surface area contributed by atoms with E-state index >= 15 is 0 Å². The highest BCUT2D eigenvalue weighted by Gasteiger charge is 2.44. The zero-order valence-corrected chi connectivity index (χ0v) is 20.1. The van der Waals surface area contributed by atoms with Gasteiger partial charge in [0.05, 0.1) is 17.0 Å². The van der Waals surface area contributed by atoms with Crippen LogP contribution in [0.25, 0.3) is 11.0 Å². The maximum absolute atomic E-state index is 14.7. The molecule has 1 aliphatic rings. The standard InChI is InChI=1S/C23H26F3N5O2S/c1-13(14-7-6-8-15(18(14)24)19(25)26)29-20-16-9-17(22(32)30(3)21(16)28-12-27-20)23(2)10-31(11-23)34(4,5)33/h6-9,12-13,19H,4,10-11H2,1-3,5H3,(H,27,28,29)/t13-,34?/m1/s1. The summed E-state index contributed by atoms with van der Waals surface area (Å²) in [6.45, 7) is 4.37. The van der Waals surface area contributed by atoms with Crippen molar-refractivity contribution in [3.8, 4) is 0 Å². The van der Waals surface area contributed by atoms with Gasteiger partial charge in [-0.2, -0.15) is 0 Å². The van der Waals surface area contributed by atoms with Crippen molar-refractivity contribution in [2.24, 2.45) is 7.05 Å². The molecule has 34 heavy (non-hydrogen) atoms. The molecule has 4 rings (SSSR count). The van der Waals surface area contributed by atoms with E-state index in [4.69, 9.17) is 0 Å². The molecule has 0 spiro atoms. The maximum atomic E-state index is 14.7. The fourth-order valence-corrected chi connectivity index (χ4v) is 5.46. The molecule has 182 valence electrons. The summed E-state index contributed by atoms with van der Waals surface area (Å²) in [4.78, 5) is 21.6. The Morgan fingerprint density at radius 2 is 1.88 bits per heavy atom. The summed E-state index contributed by atoms with van der Waals surface area (Å²) in [7, 11) is -0.779. The average molecular weight is 494 g/mol. The van der Waals surface area contributed by atoms with E-state index < -0.39 is 39.0 Å². The molecule has 0 saturated carbocycles. The van der Waals surface area contributed by atoms with Crippen LogP contribution in [0.4, 0.5) is 19.0 Å². The highest BCUT2D eigenvalue weighted by atomic mass is 32.2. The van der Waals surface area contributed by atoms with Crippen molar-refractivity contribution in [2.45, 2.75) is 31.7 Å². The summed E-state index contributed by atoms with van der Waals surface area (Å²) in [5.41, 5.74) is -0.478. The van der Waals surface area contributed by atoms with Crippen molar-refractivity contribution in [1.82, 2.24) is 18.8 Å². The van der Waals surface area contributed by atoms with Gasteiger partial charge in [-0.15, -0.1) is 0 Å². The molecule has 3 heterocycles. The monoisotopic (exact) mass is 493 g/mol. The van der Waals surface area contributed by atoms with Crippen LogP contribution in [0.2, 0.25) is 0 Å². The minimum absolute atomic E-state index is 0.0735. The molecule has 0 amide bonds. The fraction of sp³-hybridized carbons (Fsp3) is 0.391. The molecule has 0 bridgehead atoms. The zero-order chi connectivity index (χ0) is 25.0. The van der Waals surface area contributed by atoms with E-state index in [0.29, 0.717) is 35.5 Å². The number of benzene rings is 1. The fourth-order valence-electron chi connectivity index (χ4n) is 4.35.